The van der Waals surface area contributed by atoms with Crippen molar-refractivity contribution in [1.82, 2.24) is 4.90 Å². The van der Waals surface area contributed by atoms with Crippen LogP contribution in [0.1, 0.15) is 48.5 Å². The predicted molar refractivity (Wildman–Crippen MR) is 97.7 cm³/mol. The van der Waals surface area contributed by atoms with E-state index in [9.17, 15) is 4.79 Å². The zero-order valence-electron chi connectivity index (χ0n) is 14.5. The van der Waals surface area contributed by atoms with E-state index in [0.29, 0.717) is 6.42 Å². The van der Waals surface area contributed by atoms with Gasteiger partial charge in [-0.1, -0.05) is 68.3 Å². The fourth-order valence-electron chi connectivity index (χ4n) is 2.70. The van der Waals surface area contributed by atoms with Crippen LogP contribution in [0, 0.1) is 0 Å². The largest absolute Gasteiger partial charge is 0.305 e. The van der Waals surface area contributed by atoms with Crippen molar-refractivity contribution in [1.29, 1.82) is 0 Å². The van der Waals surface area contributed by atoms with Crippen LogP contribution in [-0.4, -0.2) is 24.8 Å². The standard InChI is InChI=1S/C21H27NO/c1-4-5-6-7-21(23)20-14-12-19(13-15-20)18-10-8-17(9-11-18)16-22(2)3/h8-15H,4-7,16H2,1-3H3. The summed E-state index contributed by atoms with van der Waals surface area (Å²) in [5.41, 5.74) is 4.49. The lowest BCUT2D eigenvalue weighted by molar-refractivity contribution is 0.0979. The molecule has 122 valence electrons. The normalized spacial score (nSPS) is 11.0. The molecule has 0 aliphatic rings. The molecule has 0 aromatic heterocycles. The third kappa shape index (κ3) is 5.33. The van der Waals surface area contributed by atoms with Crippen molar-refractivity contribution >= 4 is 5.78 Å². The number of Topliss-reactive ketones (excluding diaryl/α,β-unsaturated/α-hetero) is 1. The molecule has 0 aliphatic carbocycles. The molecule has 0 aliphatic heterocycles. The third-order valence-electron chi connectivity index (χ3n) is 4.00. The molecule has 0 radical (unpaired) electrons. The number of carbonyl (C=O) groups excluding carboxylic acids is 1. The molecule has 0 spiro atoms. The molecule has 23 heavy (non-hydrogen) atoms. The molecule has 2 rings (SSSR count). The molecule has 2 heteroatoms. The summed E-state index contributed by atoms with van der Waals surface area (Å²) in [7, 11) is 4.15. The lowest BCUT2D eigenvalue weighted by Gasteiger charge is -2.10. The highest BCUT2D eigenvalue weighted by Crippen LogP contribution is 2.21. The number of ketones is 1. The van der Waals surface area contributed by atoms with Crippen LogP contribution in [-0.2, 0) is 6.54 Å². The average Bonchev–Trinajstić information content (AvgIpc) is 2.55. The van der Waals surface area contributed by atoms with Crippen molar-refractivity contribution in [3.8, 4) is 11.1 Å². The molecular formula is C21H27NO. The lowest BCUT2D eigenvalue weighted by atomic mass is 9.99. The Bertz CT molecular complexity index is 611. The van der Waals surface area contributed by atoms with E-state index in [1.807, 2.05) is 24.3 Å². The fourth-order valence-corrected chi connectivity index (χ4v) is 2.70. The maximum atomic E-state index is 12.1. The second kappa shape index (κ2) is 8.64. The monoisotopic (exact) mass is 309 g/mol. The van der Waals surface area contributed by atoms with Gasteiger partial charge in [0, 0.05) is 18.5 Å². The summed E-state index contributed by atoms with van der Waals surface area (Å²) >= 11 is 0. The Morgan fingerprint density at radius 1 is 0.870 bits per heavy atom. The number of unbranched alkanes of at least 4 members (excludes halogenated alkanes) is 2. The molecule has 0 unspecified atom stereocenters. The van der Waals surface area contributed by atoms with Gasteiger partial charge in [-0.15, -0.1) is 0 Å². The molecule has 0 atom stereocenters. The van der Waals surface area contributed by atoms with E-state index in [1.54, 1.807) is 0 Å². The molecule has 0 saturated heterocycles. The van der Waals surface area contributed by atoms with Gasteiger partial charge in [-0.3, -0.25) is 4.79 Å². The second-order valence-electron chi connectivity index (χ2n) is 6.39. The summed E-state index contributed by atoms with van der Waals surface area (Å²) in [6.07, 6.45) is 3.93. The van der Waals surface area contributed by atoms with E-state index in [-0.39, 0.29) is 5.78 Å². The average molecular weight is 309 g/mol. The van der Waals surface area contributed by atoms with Crippen LogP contribution in [0.2, 0.25) is 0 Å². The Morgan fingerprint density at radius 2 is 1.43 bits per heavy atom. The zero-order valence-corrected chi connectivity index (χ0v) is 14.5. The summed E-state index contributed by atoms with van der Waals surface area (Å²) in [6.45, 7) is 3.11. The van der Waals surface area contributed by atoms with Crippen LogP contribution in [0.4, 0.5) is 0 Å². The van der Waals surface area contributed by atoms with Crippen LogP contribution in [0.3, 0.4) is 0 Å². The third-order valence-corrected chi connectivity index (χ3v) is 4.00. The van der Waals surface area contributed by atoms with Gasteiger partial charge in [0.15, 0.2) is 5.78 Å². The minimum Gasteiger partial charge on any atom is -0.305 e. The molecule has 0 fully saturated rings. The summed E-state index contributed by atoms with van der Waals surface area (Å²) in [5, 5.41) is 0. The first-order valence-electron chi connectivity index (χ1n) is 8.47. The highest BCUT2D eigenvalue weighted by atomic mass is 16.1. The van der Waals surface area contributed by atoms with E-state index in [1.165, 1.54) is 11.1 Å². The molecular weight excluding hydrogens is 282 g/mol. The molecule has 0 N–H and O–H groups in total. The molecule has 0 heterocycles. The van der Waals surface area contributed by atoms with E-state index < -0.39 is 0 Å². The lowest BCUT2D eigenvalue weighted by Crippen LogP contribution is -2.10. The maximum Gasteiger partial charge on any atom is 0.162 e. The Hall–Kier alpha value is -1.93. The Balaban J connectivity index is 2.02. The first kappa shape index (κ1) is 17.4. The first-order chi connectivity index (χ1) is 11.1. The van der Waals surface area contributed by atoms with Gasteiger partial charge < -0.3 is 4.90 Å². The number of benzene rings is 2. The van der Waals surface area contributed by atoms with Crippen molar-refractivity contribution in [2.75, 3.05) is 14.1 Å². The first-order valence-corrected chi connectivity index (χ1v) is 8.47. The second-order valence-corrected chi connectivity index (χ2v) is 6.39. The topological polar surface area (TPSA) is 20.3 Å². The number of rotatable bonds is 8. The van der Waals surface area contributed by atoms with Crippen molar-refractivity contribution < 1.29 is 4.79 Å². The summed E-state index contributed by atoms with van der Waals surface area (Å²) in [6, 6.07) is 16.6. The fraction of sp³-hybridized carbons (Fsp3) is 0.381. The van der Waals surface area contributed by atoms with Gasteiger partial charge in [0.1, 0.15) is 0 Å². The highest BCUT2D eigenvalue weighted by molar-refractivity contribution is 5.96. The van der Waals surface area contributed by atoms with E-state index in [4.69, 9.17) is 0 Å². The Morgan fingerprint density at radius 3 is 1.96 bits per heavy atom. The van der Waals surface area contributed by atoms with E-state index in [0.717, 1.165) is 36.9 Å². The molecule has 0 amide bonds. The quantitative estimate of drug-likeness (QED) is 0.495. The minimum atomic E-state index is 0.256. The van der Waals surface area contributed by atoms with Crippen molar-refractivity contribution in [3.05, 3.63) is 59.7 Å². The minimum absolute atomic E-state index is 0.256. The smallest absolute Gasteiger partial charge is 0.162 e. The number of hydrogen-bond donors (Lipinski definition) is 0. The molecule has 2 aromatic carbocycles. The Kier molecular flexibility index (Phi) is 6.54. The molecule has 2 nitrogen and oxygen atoms in total. The predicted octanol–water partition coefficient (Wildman–Crippen LogP) is 5.18. The summed E-state index contributed by atoms with van der Waals surface area (Å²) in [4.78, 5) is 14.3. The SMILES string of the molecule is CCCCCC(=O)c1ccc(-c2ccc(CN(C)C)cc2)cc1. The Labute approximate surface area is 140 Å². The van der Waals surface area contributed by atoms with Gasteiger partial charge in [-0.05, 0) is 37.2 Å². The van der Waals surface area contributed by atoms with Crippen LogP contribution in [0.15, 0.2) is 48.5 Å². The van der Waals surface area contributed by atoms with E-state index in [2.05, 4.69) is 50.2 Å². The van der Waals surface area contributed by atoms with Gasteiger partial charge >= 0.3 is 0 Å². The summed E-state index contributed by atoms with van der Waals surface area (Å²) in [5.74, 6) is 0.256. The van der Waals surface area contributed by atoms with Crippen molar-refractivity contribution in [2.24, 2.45) is 0 Å². The van der Waals surface area contributed by atoms with Crippen molar-refractivity contribution in [2.45, 2.75) is 39.2 Å². The number of nitrogens with zero attached hydrogens (tertiary/aromatic N) is 1. The van der Waals surface area contributed by atoms with Crippen LogP contribution >= 0.6 is 0 Å². The highest BCUT2D eigenvalue weighted by Gasteiger charge is 2.06. The van der Waals surface area contributed by atoms with E-state index >= 15 is 0 Å². The molecule has 2 aromatic rings. The van der Waals surface area contributed by atoms with Crippen LogP contribution in [0.5, 0.6) is 0 Å². The van der Waals surface area contributed by atoms with Crippen LogP contribution in [0.25, 0.3) is 11.1 Å². The van der Waals surface area contributed by atoms with Crippen LogP contribution < -0.4 is 0 Å². The van der Waals surface area contributed by atoms with Gasteiger partial charge in [0.05, 0.1) is 0 Å². The van der Waals surface area contributed by atoms with Crippen molar-refractivity contribution in [3.63, 3.8) is 0 Å². The number of hydrogen-bond acceptors (Lipinski definition) is 2. The molecule has 0 bridgehead atoms. The van der Waals surface area contributed by atoms with Gasteiger partial charge in [0.2, 0.25) is 0 Å². The summed E-state index contributed by atoms with van der Waals surface area (Å²) < 4.78 is 0. The van der Waals surface area contributed by atoms with Gasteiger partial charge in [0.25, 0.3) is 0 Å². The van der Waals surface area contributed by atoms with Gasteiger partial charge in [-0.2, -0.15) is 0 Å². The maximum absolute atomic E-state index is 12.1. The zero-order chi connectivity index (χ0) is 16.7. The molecule has 0 saturated carbocycles. The van der Waals surface area contributed by atoms with Gasteiger partial charge in [-0.25, -0.2) is 0 Å². The number of carbonyl (C=O) groups is 1.